The van der Waals surface area contributed by atoms with Crippen molar-refractivity contribution in [3.63, 3.8) is 0 Å². The molecular weight excluding hydrogens is 280 g/mol. The van der Waals surface area contributed by atoms with E-state index < -0.39 is 5.97 Å². The lowest BCUT2D eigenvalue weighted by Crippen LogP contribution is -2.06. The molecule has 0 bridgehead atoms. The second-order valence-corrected chi connectivity index (χ2v) is 4.53. The molecule has 5 nitrogen and oxygen atoms in total. The molecule has 0 radical (unpaired) electrons. The quantitative estimate of drug-likeness (QED) is 0.879. The maximum absolute atomic E-state index is 11.7. The predicted octanol–water partition coefficient (Wildman–Crippen LogP) is 3.20. The number of esters is 1. The van der Waals surface area contributed by atoms with Crippen molar-refractivity contribution in [2.24, 2.45) is 0 Å². The molecule has 0 unspecified atom stereocenters. The van der Waals surface area contributed by atoms with Crippen molar-refractivity contribution in [3.8, 4) is 11.6 Å². The van der Waals surface area contributed by atoms with Crippen LogP contribution in [0.5, 0.6) is 11.6 Å². The van der Waals surface area contributed by atoms with Crippen LogP contribution in [0.3, 0.4) is 0 Å². The molecule has 0 saturated carbocycles. The molecule has 0 aliphatic heterocycles. The summed E-state index contributed by atoms with van der Waals surface area (Å²) < 4.78 is 10.3. The van der Waals surface area contributed by atoms with Crippen molar-refractivity contribution in [1.29, 1.82) is 0 Å². The molecule has 0 aliphatic rings. The van der Waals surface area contributed by atoms with E-state index >= 15 is 0 Å². The summed E-state index contributed by atoms with van der Waals surface area (Å²) in [5, 5.41) is 0.635. The van der Waals surface area contributed by atoms with Gasteiger partial charge in [-0.05, 0) is 36.8 Å². The van der Waals surface area contributed by atoms with Crippen molar-refractivity contribution in [2.45, 2.75) is 6.92 Å². The minimum absolute atomic E-state index is 0.132. The molecule has 0 atom stereocenters. The number of nitrogens with two attached hydrogens (primary N) is 1. The molecule has 0 spiro atoms. The smallest absolute Gasteiger partial charge is 0.343 e. The predicted molar refractivity (Wildman–Crippen MR) is 76.3 cm³/mol. The number of carbonyl (C=O) groups is 1. The number of methoxy groups -OCH3 is 1. The van der Waals surface area contributed by atoms with Gasteiger partial charge in [-0.3, -0.25) is 0 Å². The van der Waals surface area contributed by atoms with E-state index in [4.69, 9.17) is 22.1 Å². The Morgan fingerprint density at radius 2 is 2.10 bits per heavy atom. The number of nitrogen functional groups attached to an aromatic ring is 1. The zero-order valence-electron chi connectivity index (χ0n) is 11.0. The topological polar surface area (TPSA) is 74.4 Å². The van der Waals surface area contributed by atoms with Gasteiger partial charge in [-0.1, -0.05) is 11.6 Å². The molecule has 2 rings (SSSR count). The van der Waals surface area contributed by atoms with Crippen LogP contribution in [0.2, 0.25) is 5.02 Å². The zero-order valence-corrected chi connectivity index (χ0v) is 11.8. The van der Waals surface area contributed by atoms with Crippen LogP contribution in [-0.2, 0) is 4.74 Å². The molecule has 0 fully saturated rings. The van der Waals surface area contributed by atoms with Gasteiger partial charge < -0.3 is 15.2 Å². The average molecular weight is 293 g/mol. The van der Waals surface area contributed by atoms with Crippen LogP contribution < -0.4 is 10.5 Å². The maximum Gasteiger partial charge on any atom is 0.343 e. The van der Waals surface area contributed by atoms with E-state index in [2.05, 4.69) is 9.72 Å². The summed E-state index contributed by atoms with van der Waals surface area (Å²) in [6, 6.07) is 6.61. The summed E-state index contributed by atoms with van der Waals surface area (Å²) in [4.78, 5) is 15.7. The maximum atomic E-state index is 11.7. The Hall–Kier alpha value is -2.27. The van der Waals surface area contributed by atoms with Crippen LogP contribution in [0.1, 0.15) is 15.9 Å². The lowest BCUT2D eigenvalue weighted by atomic mass is 10.2. The van der Waals surface area contributed by atoms with E-state index in [-0.39, 0.29) is 11.4 Å². The van der Waals surface area contributed by atoms with Crippen molar-refractivity contribution in [2.75, 3.05) is 12.8 Å². The molecule has 1 heterocycles. The Bertz CT molecular complexity index is 659. The van der Waals surface area contributed by atoms with E-state index in [0.29, 0.717) is 16.5 Å². The molecule has 1 aromatic heterocycles. The van der Waals surface area contributed by atoms with Crippen molar-refractivity contribution in [3.05, 3.63) is 46.6 Å². The minimum Gasteiger partial charge on any atom is -0.465 e. The van der Waals surface area contributed by atoms with Crippen LogP contribution in [0.4, 0.5) is 5.69 Å². The van der Waals surface area contributed by atoms with Gasteiger partial charge in [-0.25, -0.2) is 9.78 Å². The molecule has 20 heavy (non-hydrogen) atoms. The lowest BCUT2D eigenvalue weighted by molar-refractivity contribution is 0.0597. The van der Waals surface area contributed by atoms with Crippen LogP contribution in [0, 0.1) is 6.92 Å². The van der Waals surface area contributed by atoms with Crippen LogP contribution in [0.25, 0.3) is 0 Å². The summed E-state index contributed by atoms with van der Waals surface area (Å²) >= 11 is 5.95. The highest BCUT2D eigenvalue weighted by Gasteiger charge is 2.16. The number of halogens is 1. The van der Waals surface area contributed by atoms with Crippen LogP contribution in [-0.4, -0.2) is 18.1 Å². The fraction of sp³-hybridized carbons (Fsp3) is 0.143. The SMILES string of the molecule is COC(=O)c1cc(N)cnc1Oc1ccc(Cl)c(C)c1. The first kappa shape index (κ1) is 14.1. The number of anilines is 1. The molecule has 2 N–H and O–H groups in total. The van der Waals surface area contributed by atoms with Gasteiger partial charge >= 0.3 is 5.97 Å². The third kappa shape index (κ3) is 3.00. The number of benzene rings is 1. The van der Waals surface area contributed by atoms with Crippen molar-refractivity contribution < 1.29 is 14.3 Å². The largest absolute Gasteiger partial charge is 0.465 e. The van der Waals surface area contributed by atoms with E-state index in [1.807, 2.05) is 6.92 Å². The molecule has 6 heteroatoms. The third-order valence-corrected chi connectivity index (χ3v) is 3.05. The fourth-order valence-electron chi connectivity index (χ4n) is 1.60. The Kier molecular flexibility index (Phi) is 4.10. The Morgan fingerprint density at radius 3 is 2.75 bits per heavy atom. The summed E-state index contributed by atoms with van der Waals surface area (Å²) in [5.41, 5.74) is 6.99. The monoisotopic (exact) mass is 292 g/mol. The number of hydrogen-bond acceptors (Lipinski definition) is 5. The number of aryl methyl sites for hydroxylation is 1. The summed E-state index contributed by atoms with van der Waals surface area (Å²) in [6.07, 6.45) is 1.41. The van der Waals surface area contributed by atoms with Crippen LogP contribution >= 0.6 is 11.6 Å². The lowest BCUT2D eigenvalue weighted by Gasteiger charge is -2.10. The molecule has 0 saturated heterocycles. The first-order valence-corrected chi connectivity index (χ1v) is 6.17. The number of aromatic nitrogens is 1. The number of ether oxygens (including phenoxy) is 2. The van der Waals surface area contributed by atoms with Gasteiger partial charge in [0.2, 0.25) is 5.88 Å². The number of pyridine rings is 1. The molecule has 1 aromatic carbocycles. The Balaban J connectivity index is 2.37. The average Bonchev–Trinajstić information content (AvgIpc) is 2.44. The fourth-order valence-corrected chi connectivity index (χ4v) is 1.72. The van der Waals surface area contributed by atoms with Gasteiger partial charge in [-0.15, -0.1) is 0 Å². The van der Waals surface area contributed by atoms with Gasteiger partial charge in [0.15, 0.2) is 0 Å². The van der Waals surface area contributed by atoms with E-state index in [1.165, 1.54) is 19.4 Å². The molecule has 104 valence electrons. The van der Waals surface area contributed by atoms with Gasteiger partial charge in [-0.2, -0.15) is 0 Å². The van der Waals surface area contributed by atoms with E-state index in [9.17, 15) is 4.79 Å². The standard InChI is InChI=1S/C14H13ClN2O3/c1-8-5-10(3-4-12(8)15)20-13-11(14(18)19-2)6-9(16)7-17-13/h3-7H,16H2,1-2H3. The number of nitrogens with zero attached hydrogens (tertiary/aromatic N) is 1. The second kappa shape index (κ2) is 5.79. The number of rotatable bonds is 3. The van der Waals surface area contributed by atoms with Gasteiger partial charge in [0, 0.05) is 5.02 Å². The van der Waals surface area contributed by atoms with Gasteiger partial charge in [0.05, 0.1) is 19.0 Å². The van der Waals surface area contributed by atoms with E-state index in [0.717, 1.165) is 5.56 Å². The molecule has 2 aromatic rings. The molecule has 0 aliphatic carbocycles. The minimum atomic E-state index is -0.564. The summed E-state index contributed by atoms with van der Waals surface area (Å²) in [7, 11) is 1.28. The first-order valence-electron chi connectivity index (χ1n) is 5.79. The highest BCUT2D eigenvalue weighted by Crippen LogP contribution is 2.28. The molecular formula is C14H13ClN2O3. The third-order valence-electron chi connectivity index (χ3n) is 2.62. The summed E-state index contributed by atoms with van der Waals surface area (Å²) in [6.45, 7) is 1.85. The highest BCUT2D eigenvalue weighted by molar-refractivity contribution is 6.31. The van der Waals surface area contributed by atoms with Gasteiger partial charge in [0.25, 0.3) is 0 Å². The van der Waals surface area contributed by atoms with Crippen molar-refractivity contribution in [1.82, 2.24) is 4.98 Å². The summed E-state index contributed by atoms with van der Waals surface area (Å²) in [5.74, 6) is 0.0904. The first-order chi connectivity index (χ1) is 9.51. The zero-order chi connectivity index (χ0) is 14.7. The Labute approximate surface area is 121 Å². The number of hydrogen-bond donors (Lipinski definition) is 1. The Morgan fingerprint density at radius 1 is 1.35 bits per heavy atom. The van der Waals surface area contributed by atoms with Crippen LogP contribution in [0.15, 0.2) is 30.5 Å². The van der Waals surface area contributed by atoms with Crippen molar-refractivity contribution >= 4 is 23.3 Å². The normalized spacial score (nSPS) is 10.2. The second-order valence-electron chi connectivity index (χ2n) is 4.13. The molecule has 0 amide bonds. The number of carbonyl (C=O) groups excluding carboxylic acids is 1. The highest BCUT2D eigenvalue weighted by atomic mass is 35.5. The van der Waals surface area contributed by atoms with E-state index in [1.54, 1.807) is 18.2 Å². The van der Waals surface area contributed by atoms with Gasteiger partial charge in [0.1, 0.15) is 11.3 Å².